The van der Waals surface area contributed by atoms with Crippen molar-refractivity contribution < 1.29 is 55.1 Å². The first-order chi connectivity index (χ1) is 10.8. The van der Waals surface area contributed by atoms with Crippen LogP contribution in [0.5, 0.6) is 0 Å². The summed E-state index contributed by atoms with van der Waals surface area (Å²) in [5.74, 6) is 0. The van der Waals surface area contributed by atoms with E-state index < -0.39 is 74.6 Å². The van der Waals surface area contributed by atoms with Crippen LogP contribution in [0.15, 0.2) is 0 Å². The lowest BCUT2D eigenvalue weighted by atomic mass is 9.98. The highest BCUT2D eigenvalue weighted by Crippen LogP contribution is 2.24. The molecule has 0 aromatic rings. The fraction of sp³-hybridized carbons (Fsp3) is 1.00. The summed E-state index contributed by atoms with van der Waals surface area (Å²) in [6, 6.07) is 0. The topological polar surface area (TPSA) is 190 Å². The van der Waals surface area contributed by atoms with Gasteiger partial charge >= 0.3 is 0 Å². The van der Waals surface area contributed by atoms with Gasteiger partial charge in [-0.1, -0.05) is 0 Å². The van der Waals surface area contributed by atoms with Crippen LogP contribution < -0.4 is 0 Å². The molecule has 0 amide bonds. The van der Waals surface area contributed by atoms with Crippen molar-refractivity contribution in [3.8, 4) is 0 Å². The van der Waals surface area contributed by atoms with E-state index >= 15 is 0 Å². The maximum Gasteiger partial charge on any atom is 0.186 e. The second kappa shape index (κ2) is 7.63. The Labute approximate surface area is 130 Å². The molecule has 0 unspecified atom stereocenters. The fourth-order valence-electron chi connectivity index (χ4n) is 2.46. The third-order valence-electron chi connectivity index (χ3n) is 3.96. The van der Waals surface area contributed by atoms with Crippen LogP contribution in [0.1, 0.15) is 0 Å². The Bertz CT molecular complexity index is 380. The van der Waals surface area contributed by atoms with Crippen molar-refractivity contribution in [2.24, 2.45) is 0 Å². The maximum absolute atomic E-state index is 9.78. The number of ether oxygens (including phenoxy) is 3. The summed E-state index contributed by atoms with van der Waals surface area (Å²) in [6.45, 7) is -1.10. The van der Waals surface area contributed by atoms with Gasteiger partial charge in [0, 0.05) is 0 Å². The highest BCUT2D eigenvalue weighted by atomic mass is 16.7. The molecule has 0 bridgehead atoms. The predicted octanol–water partition coefficient (Wildman–Crippen LogP) is -5.40. The van der Waals surface area contributed by atoms with Crippen LogP contribution in [0.2, 0.25) is 0 Å². The van der Waals surface area contributed by atoms with Crippen molar-refractivity contribution in [2.75, 3.05) is 13.2 Å². The van der Waals surface area contributed by atoms with Crippen LogP contribution in [0.25, 0.3) is 0 Å². The third kappa shape index (κ3) is 3.81. The molecule has 11 heteroatoms. The minimum absolute atomic E-state index is 0.468. The molecule has 2 aliphatic rings. The monoisotopic (exact) mass is 342 g/mol. The molecule has 2 rings (SSSR count). The molecule has 0 spiro atoms. The molecule has 2 aliphatic heterocycles. The standard InChI is InChI=1S/C12H22O11/c13-1-3-5(14)8(17)10(19)12(23-3)21-2-4-6(15)7(16)9(18)11(20)22-4/h3-20H,1-2H2/t3-,4-,5+,6+,7-,8-,9-,10-,11+,12+/m0/s1. The third-order valence-corrected chi connectivity index (χ3v) is 3.96. The van der Waals surface area contributed by atoms with Gasteiger partial charge in [0.2, 0.25) is 0 Å². The zero-order chi connectivity index (χ0) is 17.3. The average molecular weight is 342 g/mol. The summed E-state index contributed by atoms with van der Waals surface area (Å²) in [6.07, 6.45) is -15.3. The average Bonchev–Trinajstić information content (AvgIpc) is 2.54. The van der Waals surface area contributed by atoms with Crippen molar-refractivity contribution in [1.82, 2.24) is 0 Å². The van der Waals surface area contributed by atoms with Crippen LogP contribution in [-0.2, 0) is 14.2 Å². The van der Waals surface area contributed by atoms with Crippen LogP contribution >= 0.6 is 0 Å². The summed E-state index contributed by atoms with van der Waals surface area (Å²) >= 11 is 0. The Morgan fingerprint density at radius 1 is 0.652 bits per heavy atom. The lowest BCUT2D eigenvalue weighted by Crippen LogP contribution is -2.61. The molecule has 0 aliphatic carbocycles. The SMILES string of the molecule is OC[C@@H]1O[C@@H](OC[C@@H]2O[C@@H](O)[C@@H](O)[C@@H](O)[C@@H]2O)[C@@H](O)[C@@H](O)[C@@H]1O. The van der Waals surface area contributed by atoms with Gasteiger partial charge in [0.15, 0.2) is 12.6 Å². The van der Waals surface area contributed by atoms with Gasteiger partial charge in [-0.2, -0.15) is 0 Å². The summed E-state index contributed by atoms with van der Waals surface area (Å²) in [7, 11) is 0. The highest BCUT2D eigenvalue weighted by Gasteiger charge is 2.46. The van der Waals surface area contributed by atoms with E-state index in [1.807, 2.05) is 0 Å². The van der Waals surface area contributed by atoms with Crippen molar-refractivity contribution in [1.29, 1.82) is 0 Å². The first kappa shape index (κ1) is 18.9. The van der Waals surface area contributed by atoms with Crippen LogP contribution in [0.3, 0.4) is 0 Å². The summed E-state index contributed by atoms with van der Waals surface area (Å²) < 4.78 is 15.1. The van der Waals surface area contributed by atoms with Gasteiger partial charge in [0.05, 0.1) is 13.2 Å². The van der Waals surface area contributed by atoms with Gasteiger partial charge < -0.3 is 55.1 Å². The predicted molar refractivity (Wildman–Crippen MR) is 68.6 cm³/mol. The molecule has 0 saturated carbocycles. The molecule has 2 heterocycles. The quantitative estimate of drug-likeness (QED) is 0.243. The molecule has 136 valence electrons. The normalized spacial score (nSPS) is 51.7. The van der Waals surface area contributed by atoms with Crippen molar-refractivity contribution in [2.45, 2.75) is 61.4 Å². The Morgan fingerprint density at radius 2 is 1.22 bits per heavy atom. The first-order valence-corrected chi connectivity index (χ1v) is 7.07. The molecule has 23 heavy (non-hydrogen) atoms. The molecule has 11 nitrogen and oxygen atoms in total. The molecular formula is C12H22O11. The molecule has 2 saturated heterocycles. The zero-order valence-corrected chi connectivity index (χ0v) is 12.0. The van der Waals surface area contributed by atoms with Crippen LogP contribution in [0, 0.1) is 0 Å². The van der Waals surface area contributed by atoms with E-state index in [0.29, 0.717) is 0 Å². The van der Waals surface area contributed by atoms with Gasteiger partial charge in [-0.15, -0.1) is 0 Å². The first-order valence-electron chi connectivity index (χ1n) is 7.07. The van der Waals surface area contributed by atoms with Crippen LogP contribution in [0.4, 0.5) is 0 Å². The van der Waals surface area contributed by atoms with Crippen LogP contribution in [-0.4, -0.2) is 115 Å². The second-order valence-corrected chi connectivity index (χ2v) is 5.57. The Hall–Kier alpha value is -0.440. The minimum Gasteiger partial charge on any atom is -0.394 e. The summed E-state index contributed by atoms with van der Waals surface area (Å²) in [5, 5.41) is 76.1. The van der Waals surface area contributed by atoms with Crippen molar-refractivity contribution in [3.05, 3.63) is 0 Å². The number of hydrogen-bond donors (Lipinski definition) is 8. The lowest BCUT2D eigenvalue weighted by Gasteiger charge is -2.41. The van der Waals surface area contributed by atoms with Crippen molar-refractivity contribution >= 4 is 0 Å². The lowest BCUT2D eigenvalue weighted by molar-refractivity contribution is -0.325. The van der Waals surface area contributed by atoms with E-state index in [2.05, 4.69) is 0 Å². The zero-order valence-electron chi connectivity index (χ0n) is 12.0. The molecule has 0 radical (unpaired) electrons. The van der Waals surface area contributed by atoms with Gasteiger partial charge in [0.1, 0.15) is 48.8 Å². The van der Waals surface area contributed by atoms with E-state index in [4.69, 9.17) is 19.3 Å². The van der Waals surface area contributed by atoms with Gasteiger partial charge in [0.25, 0.3) is 0 Å². The largest absolute Gasteiger partial charge is 0.394 e. The van der Waals surface area contributed by atoms with Crippen molar-refractivity contribution in [3.63, 3.8) is 0 Å². The number of aliphatic hydroxyl groups is 8. The molecular weight excluding hydrogens is 320 g/mol. The van der Waals surface area contributed by atoms with E-state index in [9.17, 15) is 35.7 Å². The molecule has 2 fully saturated rings. The highest BCUT2D eigenvalue weighted by molar-refractivity contribution is 4.91. The summed E-state index contributed by atoms with van der Waals surface area (Å²) in [5.41, 5.74) is 0. The number of aliphatic hydroxyl groups excluding tert-OH is 8. The maximum atomic E-state index is 9.78. The molecule has 8 N–H and O–H groups in total. The van der Waals surface area contributed by atoms with E-state index in [-0.39, 0.29) is 0 Å². The smallest absolute Gasteiger partial charge is 0.186 e. The molecule has 10 atom stereocenters. The Kier molecular flexibility index (Phi) is 6.27. The van der Waals surface area contributed by atoms with Gasteiger partial charge in [-0.25, -0.2) is 0 Å². The molecule has 0 aromatic heterocycles. The number of rotatable bonds is 4. The summed E-state index contributed by atoms with van der Waals surface area (Å²) in [4.78, 5) is 0. The molecule has 0 aromatic carbocycles. The van der Waals surface area contributed by atoms with Gasteiger partial charge in [-0.3, -0.25) is 0 Å². The van der Waals surface area contributed by atoms with E-state index in [0.717, 1.165) is 0 Å². The Morgan fingerprint density at radius 3 is 1.83 bits per heavy atom. The van der Waals surface area contributed by atoms with Gasteiger partial charge in [-0.05, 0) is 0 Å². The van der Waals surface area contributed by atoms with E-state index in [1.165, 1.54) is 0 Å². The minimum atomic E-state index is -1.74. The second-order valence-electron chi connectivity index (χ2n) is 5.57. The fourth-order valence-corrected chi connectivity index (χ4v) is 2.46. The van der Waals surface area contributed by atoms with E-state index in [1.54, 1.807) is 0 Å². The number of hydrogen-bond acceptors (Lipinski definition) is 11. The Balaban J connectivity index is 1.94.